The van der Waals surface area contributed by atoms with Gasteiger partial charge in [-0.25, -0.2) is 8.78 Å². The number of hydrogen-bond donors (Lipinski definition) is 1. The topological polar surface area (TPSA) is 97.6 Å². The zero-order valence-corrected chi connectivity index (χ0v) is 31.6. The molecule has 15 heteroatoms. The number of halogens is 5. The fourth-order valence-corrected chi connectivity index (χ4v) is 10.6. The van der Waals surface area contributed by atoms with E-state index in [4.69, 9.17) is 9.72 Å². The molecule has 4 aliphatic heterocycles. The van der Waals surface area contributed by atoms with Crippen molar-refractivity contribution in [1.82, 2.24) is 19.8 Å². The first-order chi connectivity index (χ1) is 26.3. The summed E-state index contributed by atoms with van der Waals surface area (Å²) in [6, 6.07) is 4.70. The van der Waals surface area contributed by atoms with Gasteiger partial charge in [0, 0.05) is 54.0 Å². The molecule has 0 unspecified atom stereocenters. The van der Waals surface area contributed by atoms with Gasteiger partial charge in [0.15, 0.2) is 5.82 Å². The quantitative estimate of drug-likeness (QED) is 0.141. The predicted molar refractivity (Wildman–Crippen MR) is 202 cm³/mol. The van der Waals surface area contributed by atoms with Crippen LogP contribution in [0.5, 0.6) is 6.01 Å². The van der Waals surface area contributed by atoms with Crippen LogP contribution >= 0.6 is 11.3 Å². The third kappa shape index (κ3) is 6.44. The van der Waals surface area contributed by atoms with Gasteiger partial charge >= 0.3 is 12.2 Å². The molecule has 0 aliphatic carbocycles. The van der Waals surface area contributed by atoms with E-state index in [0.717, 1.165) is 81.2 Å². The lowest BCUT2D eigenvalue weighted by molar-refractivity contribution is -0.138. The standard InChI is InChI=1S/C40H42F5N7O2S/c1-4-29(53)51-20-38(21-51)11-5-6-14-50(19-38)35-25-17-27(40(43,44)45)31(24-9-10-28(41)34-30(24)26(18-46)36(55-34)47-23(2)3)32(42)33(25)48-37(49-35)54-22-39-12-7-15-52(39)16-8-13-39/h4,9-10,17,23,47H,1,5-8,11-16,19-22H2,2-3H3. The average Bonchev–Trinajstić information content (AvgIpc) is 3.77. The summed E-state index contributed by atoms with van der Waals surface area (Å²) in [5.41, 5.74) is -3.36. The number of ether oxygens (including phenoxy) is 1. The lowest BCUT2D eigenvalue weighted by atomic mass is 9.75. The van der Waals surface area contributed by atoms with Crippen LogP contribution in [0, 0.1) is 28.4 Å². The maximum Gasteiger partial charge on any atom is 0.417 e. The van der Waals surface area contributed by atoms with Crippen molar-refractivity contribution in [3.05, 3.63) is 53.6 Å². The molecule has 1 spiro atoms. The van der Waals surface area contributed by atoms with Crippen molar-refractivity contribution in [2.45, 2.75) is 76.6 Å². The number of fused-ring (bicyclic) bond motifs is 3. The third-order valence-corrected chi connectivity index (χ3v) is 12.9. The van der Waals surface area contributed by atoms with Gasteiger partial charge in [0.1, 0.15) is 34.8 Å². The number of aromatic nitrogens is 2. The Balaban J connectivity index is 1.33. The van der Waals surface area contributed by atoms with E-state index in [0.29, 0.717) is 32.6 Å². The second kappa shape index (κ2) is 13.9. The van der Waals surface area contributed by atoms with Gasteiger partial charge in [0.05, 0.1) is 21.4 Å². The maximum atomic E-state index is 17.5. The van der Waals surface area contributed by atoms with Crippen molar-refractivity contribution in [2.75, 3.05) is 56.1 Å². The predicted octanol–water partition coefficient (Wildman–Crippen LogP) is 8.51. The zero-order chi connectivity index (χ0) is 38.9. The smallest absolute Gasteiger partial charge is 0.417 e. The fourth-order valence-electron chi connectivity index (χ4n) is 9.35. The van der Waals surface area contributed by atoms with Gasteiger partial charge in [0.25, 0.3) is 0 Å². The minimum Gasteiger partial charge on any atom is -0.461 e. The van der Waals surface area contributed by atoms with Crippen molar-refractivity contribution in [1.29, 1.82) is 5.26 Å². The van der Waals surface area contributed by atoms with E-state index < -0.39 is 28.9 Å². The van der Waals surface area contributed by atoms with E-state index in [1.807, 2.05) is 24.8 Å². The van der Waals surface area contributed by atoms with E-state index in [1.54, 1.807) is 4.90 Å². The SMILES string of the molecule is C=CC(=O)N1CC2(CCCCN(c3nc(OCC45CCCN4CCC5)nc4c(F)c(-c5ccc(F)c6sc(NC(C)C)c(C#N)c56)c(C(F)(F)F)cc34)C2)C1. The molecule has 1 N–H and O–H groups in total. The highest BCUT2D eigenvalue weighted by atomic mass is 32.1. The summed E-state index contributed by atoms with van der Waals surface area (Å²) in [5.74, 6) is -2.07. The molecule has 290 valence electrons. The first-order valence-electron chi connectivity index (χ1n) is 18.8. The molecular formula is C40H42F5N7O2S. The molecule has 0 atom stereocenters. The van der Waals surface area contributed by atoms with E-state index in [1.165, 1.54) is 6.08 Å². The molecule has 4 aromatic rings. The summed E-state index contributed by atoms with van der Waals surface area (Å²) in [6.45, 7) is 11.1. The second-order valence-corrected chi connectivity index (χ2v) is 16.9. The van der Waals surface area contributed by atoms with E-state index >= 15 is 22.0 Å². The van der Waals surface area contributed by atoms with Crippen LogP contribution in [0.3, 0.4) is 0 Å². The summed E-state index contributed by atoms with van der Waals surface area (Å²) in [6.07, 6.45) is 2.42. The van der Waals surface area contributed by atoms with Gasteiger partial charge < -0.3 is 19.9 Å². The molecule has 8 rings (SSSR count). The molecule has 0 radical (unpaired) electrons. The highest BCUT2D eigenvalue weighted by Gasteiger charge is 2.48. The first kappa shape index (κ1) is 37.4. The second-order valence-electron chi connectivity index (χ2n) is 15.8. The van der Waals surface area contributed by atoms with Crippen LogP contribution in [-0.4, -0.2) is 83.1 Å². The third-order valence-electron chi connectivity index (χ3n) is 11.8. The highest BCUT2D eigenvalue weighted by molar-refractivity contribution is 7.23. The molecule has 2 aromatic heterocycles. The number of amides is 1. The van der Waals surface area contributed by atoms with Crippen LogP contribution in [0.2, 0.25) is 0 Å². The minimum atomic E-state index is -5.06. The van der Waals surface area contributed by atoms with Crippen LogP contribution in [0.1, 0.15) is 69.9 Å². The van der Waals surface area contributed by atoms with Crippen LogP contribution in [0.4, 0.5) is 32.8 Å². The molecule has 2 aromatic carbocycles. The molecule has 0 bridgehead atoms. The Morgan fingerprint density at radius 3 is 2.51 bits per heavy atom. The van der Waals surface area contributed by atoms with Crippen LogP contribution in [0.25, 0.3) is 32.1 Å². The summed E-state index contributed by atoms with van der Waals surface area (Å²) in [5, 5.41) is 13.4. The van der Waals surface area contributed by atoms with Crippen LogP contribution in [-0.2, 0) is 11.0 Å². The lowest BCUT2D eigenvalue weighted by Crippen LogP contribution is -2.61. The van der Waals surface area contributed by atoms with Gasteiger partial charge in [-0.3, -0.25) is 9.69 Å². The summed E-state index contributed by atoms with van der Waals surface area (Å²) in [4.78, 5) is 27.6. The van der Waals surface area contributed by atoms with Crippen LogP contribution in [0.15, 0.2) is 30.9 Å². The summed E-state index contributed by atoms with van der Waals surface area (Å²) >= 11 is 0.898. The number of likely N-dealkylation sites (tertiary alicyclic amines) is 1. The Labute approximate surface area is 319 Å². The Morgan fingerprint density at radius 1 is 1.09 bits per heavy atom. The number of nitrogens with one attached hydrogen (secondary N) is 1. The van der Waals surface area contributed by atoms with Crippen LogP contribution < -0.4 is 15.0 Å². The van der Waals surface area contributed by atoms with E-state index in [2.05, 4.69) is 21.8 Å². The molecule has 4 aliphatic rings. The van der Waals surface area contributed by atoms with E-state index in [-0.39, 0.29) is 78.5 Å². The normalized spacial score (nSPS) is 19.5. The monoisotopic (exact) mass is 779 g/mol. The Bertz CT molecular complexity index is 2230. The molecule has 0 saturated carbocycles. The number of anilines is 2. The van der Waals surface area contributed by atoms with Gasteiger partial charge in [-0.2, -0.15) is 28.4 Å². The van der Waals surface area contributed by atoms with E-state index in [9.17, 15) is 10.1 Å². The van der Waals surface area contributed by atoms with Crippen molar-refractivity contribution in [3.63, 3.8) is 0 Å². The molecule has 4 saturated heterocycles. The number of nitriles is 1. The number of alkyl halides is 3. The number of benzene rings is 2. The van der Waals surface area contributed by atoms with Crippen molar-refractivity contribution in [2.24, 2.45) is 5.41 Å². The largest absolute Gasteiger partial charge is 0.461 e. The molecule has 1 amide bonds. The molecule has 9 nitrogen and oxygen atoms in total. The average molecular weight is 780 g/mol. The van der Waals surface area contributed by atoms with Crippen molar-refractivity contribution in [3.8, 4) is 23.2 Å². The van der Waals surface area contributed by atoms with Gasteiger partial charge in [-0.05, 0) is 89.2 Å². The molecule has 55 heavy (non-hydrogen) atoms. The Hall–Kier alpha value is -4.55. The summed E-state index contributed by atoms with van der Waals surface area (Å²) in [7, 11) is 0. The number of carbonyl (C=O) groups is 1. The number of hydrogen-bond acceptors (Lipinski definition) is 9. The number of thiophene rings is 1. The van der Waals surface area contributed by atoms with Gasteiger partial charge in [-0.15, -0.1) is 11.3 Å². The number of carbonyl (C=O) groups excluding carboxylic acids is 1. The van der Waals surface area contributed by atoms with Crippen molar-refractivity contribution < 1.29 is 31.5 Å². The molecule has 6 heterocycles. The van der Waals surface area contributed by atoms with Gasteiger partial charge in [0.2, 0.25) is 5.91 Å². The summed E-state index contributed by atoms with van der Waals surface area (Å²) < 4.78 is 85.0. The van der Waals surface area contributed by atoms with Gasteiger partial charge in [-0.1, -0.05) is 19.1 Å². The molecular weight excluding hydrogens is 738 g/mol. The minimum absolute atomic E-state index is 0.0616. The number of nitrogens with zero attached hydrogens (tertiary/aromatic N) is 6. The maximum absolute atomic E-state index is 17.5. The Morgan fingerprint density at radius 2 is 1.84 bits per heavy atom. The highest BCUT2D eigenvalue weighted by Crippen LogP contribution is 2.49. The zero-order valence-electron chi connectivity index (χ0n) is 30.8. The Kier molecular flexibility index (Phi) is 9.43. The molecule has 4 fully saturated rings. The first-order valence-corrected chi connectivity index (χ1v) is 19.7. The van der Waals surface area contributed by atoms with Crippen molar-refractivity contribution >= 4 is 49.1 Å². The number of rotatable bonds is 8. The lowest BCUT2D eigenvalue weighted by Gasteiger charge is -2.51. The fraction of sp³-hybridized carbons (Fsp3) is 0.500.